The van der Waals surface area contributed by atoms with E-state index in [1.54, 1.807) is 0 Å². The zero-order chi connectivity index (χ0) is 36.0. The molecule has 0 heterocycles. The fourth-order valence-electron chi connectivity index (χ4n) is 9.40. The Morgan fingerprint density at radius 3 is 1.10 bits per heavy atom. The van der Waals surface area contributed by atoms with Crippen molar-refractivity contribution in [2.24, 2.45) is 11.8 Å². The van der Waals surface area contributed by atoms with E-state index in [0.717, 1.165) is 50.4 Å². The maximum atomic E-state index is 12.7. The Kier molecular flexibility index (Phi) is 14.8. The Hall–Kier alpha value is -3.45. The SMILES string of the molecule is CCCc1ccc(-c2ccc(C3CCC(CCCCC(=O)CCCCC4CCC(c5ccc(-c6ccc(CCC)cc6)cc5)CC4)CC3)cc2)cc1. The Balaban J connectivity index is 0.790. The van der Waals surface area contributed by atoms with Crippen molar-refractivity contribution in [1.82, 2.24) is 0 Å². The van der Waals surface area contributed by atoms with Gasteiger partial charge in [-0.2, -0.15) is 0 Å². The summed E-state index contributed by atoms with van der Waals surface area (Å²) in [6, 6.07) is 37.1. The second kappa shape index (κ2) is 20.1. The molecule has 2 aliphatic carbocycles. The quantitative estimate of drug-likeness (QED) is 0.0948. The Labute approximate surface area is 317 Å². The Morgan fingerprint density at radius 1 is 0.442 bits per heavy atom. The molecule has 6 rings (SSSR count). The molecule has 1 nitrogen and oxygen atoms in total. The average molecular weight is 695 g/mol. The lowest BCUT2D eigenvalue weighted by molar-refractivity contribution is -0.119. The minimum Gasteiger partial charge on any atom is -0.300 e. The van der Waals surface area contributed by atoms with Gasteiger partial charge in [0.15, 0.2) is 0 Å². The molecule has 0 spiro atoms. The summed E-state index contributed by atoms with van der Waals surface area (Å²) in [6.07, 6.45) is 24.3. The summed E-state index contributed by atoms with van der Waals surface area (Å²) in [5, 5.41) is 0. The van der Waals surface area contributed by atoms with Gasteiger partial charge in [0.2, 0.25) is 0 Å². The Morgan fingerprint density at radius 2 is 0.769 bits per heavy atom. The molecule has 1 heteroatoms. The first-order valence-electron chi connectivity index (χ1n) is 21.5. The van der Waals surface area contributed by atoms with Gasteiger partial charge in [-0.1, -0.05) is 149 Å². The molecule has 0 N–H and O–H groups in total. The van der Waals surface area contributed by atoms with Crippen molar-refractivity contribution in [3.63, 3.8) is 0 Å². The predicted molar refractivity (Wildman–Crippen MR) is 223 cm³/mol. The molecule has 4 aromatic rings. The molecule has 2 fully saturated rings. The number of ketones is 1. The molecule has 0 atom stereocenters. The maximum absolute atomic E-state index is 12.7. The summed E-state index contributed by atoms with van der Waals surface area (Å²) in [6.45, 7) is 4.48. The lowest BCUT2D eigenvalue weighted by Crippen LogP contribution is -2.13. The first kappa shape index (κ1) is 38.3. The van der Waals surface area contributed by atoms with Gasteiger partial charge in [-0.25, -0.2) is 0 Å². The zero-order valence-electron chi connectivity index (χ0n) is 32.6. The normalized spacial score (nSPS) is 20.5. The van der Waals surface area contributed by atoms with E-state index in [9.17, 15) is 4.79 Å². The molecule has 4 aromatic carbocycles. The number of carbonyl (C=O) groups is 1. The number of hydrogen-bond acceptors (Lipinski definition) is 1. The van der Waals surface area contributed by atoms with E-state index in [1.165, 1.54) is 134 Å². The summed E-state index contributed by atoms with van der Waals surface area (Å²) in [5.74, 6) is 3.65. The van der Waals surface area contributed by atoms with Crippen LogP contribution in [0.25, 0.3) is 22.3 Å². The number of Topliss-reactive ketones (excluding diaryl/α,β-unsaturated/α-hetero) is 1. The molecule has 0 aromatic heterocycles. The van der Waals surface area contributed by atoms with E-state index in [0.29, 0.717) is 17.6 Å². The summed E-state index contributed by atoms with van der Waals surface area (Å²) in [5.41, 5.74) is 11.2. The molecule has 0 radical (unpaired) electrons. The van der Waals surface area contributed by atoms with Gasteiger partial charge < -0.3 is 0 Å². The fraction of sp³-hybridized carbons (Fsp3) is 0.510. The van der Waals surface area contributed by atoms with E-state index in [-0.39, 0.29) is 0 Å². The minimum absolute atomic E-state index is 0.508. The third-order valence-electron chi connectivity index (χ3n) is 12.7. The predicted octanol–water partition coefficient (Wildman–Crippen LogP) is 14.9. The van der Waals surface area contributed by atoms with Crippen molar-refractivity contribution in [2.45, 2.75) is 154 Å². The van der Waals surface area contributed by atoms with Crippen molar-refractivity contribution in [3.05, 3.63) is 119 Å². The maximum Gasteiger partial charge on any atom is 0.132 e. The molecule has 2 aliphatic rings. The molecule has 0 unspecified atom stereocenters. The average Bonchev–Trinajstić information content (AvgIpc) is 3.20. The van der Waals surface area contributed by atoms with Crippen molar-refractivity contribution in [2.75, 3.05) is 0 Å². The number of unbranched alkanes of at least 4 members (excludes halogenated alkanes) is 2. The highest BCUT2D eigenvalue weighted by Gasteiger charge is 2.23. The van der Waals surface area contributed by atoms with Crippen molar-refractivity contribution in [1.29, 1.82) is 0 Å². The molecule has 0 saturated heterocycles. The standard InChI is InChI=1S/C51H66O/c1-3-9-39-15-23-43(24-16-39)47-31-35-49(36-32-47)45-27-19-41(20-28-45)11-5-7-13-51(52)14-8-6-12-42-21-29-46(30-22-42)50-37-33-48(34-38-50)44-25-17-40(10-4-2)18-26-44/h15-18,23-26,31-38,41-42,45-46H,3-14,19-22,27-30H2,1-2H3. The molecule has 0 aliphatic heterocycles. The smallest absolute Gasteiger partial charge is 0.132 e. The highest BCUT2D eigenvalue weighted by atomic mass is 16.1. The molecule has 276 valence electrons. The fourth-order valence-corrected chi connectivity index (χ4v) is 9.40. The third kappa shape index (κ3) is 11.3. The highest BCUT2D eigenvalue weighted by molar-refractivity contribution is 5.78. The molecule has 0 amide bonds. The monoisotopic (exact) mass is 695 g/mol. The van der Waals surface area contributed by atoms with E-state index < -0.39 is 0 Å². The van der Waals surface area contributed by atoms with Crippen molar-refractivity contribution >= 4 is 5.78 Å². The molecule has 0 bridgehead atoms. The van der Waals surface area contributed by atoms with Gasteiger partial charge in [0, 0.05) is 12.8 Å². The van der Waals surface area contributed by atoms with Crippen LogP contribution in [0.2, 0.25) is 0 Å². The molecule has 2 saturated carbocycles. The van der Waals surface area contributed by atoms with E-state index in [2.05, 4.69) is 111 Å². The van der Waals surface area contributed by atoms with Crippen molar-refractivity contribution in [3.8, 4) is 22.3 Å². The largest absolute Gasteiger partial charge is 0.300 e. The van der Waals surface area contributed by atoms with E-state index >= 15 is 0 Å². The number of benzene rings is 4. The molecular formula is C51H66O. The van der Waals surface area contributed by atoms with Crippen LogP contribution >= 0.6 is 0 Å². The molecule has 52 heavy (non-hydrogen) atoms. The van der Waals surface area contributed by atoms with Crippen LogP contribution < -0.4 is 0 Å². The summed E-state index contributed by atoms with van der Waals surface area (Å²) < 4.78 is 0. The van der Waals surface area contributed by atoms with Gasteiger partial charge in [-0.05, 0) is 145 Å². The van der Waals surface area contributed by atoms with Crippen LogP contribution in [0.3, 0.4) is 0 Å². The number of aryl methyl sites for hydroxylation is 2. The van der Waals surface area contributed by atoms with E-state index in [1.807, 2.05) is 0 Å². The van der Waals surface area contributed by atoms with Crippen LogP contribution in [-0.2, 0) is 17.6 Å². The number of rotatable bonds is 18. The van der Waals surface area contributed by atoms with Crippen LogP contribution in [0.15, 0.2) is 97.1 Å². The van der Waals surface area contributed by atoms with Crippen LogP contribution in [0, 0.1) is 11.8 Å². The first-order valence-corrected chi connectivity index (χ1v) is 21.5. The van der Waals surface area contributed by atoms with Gasteiger partial charge in [0.25, 0.3) is 0 Å². The zero-order valence-corrected chi connectivity index (χ0v) is 32.6. The van der Waals surface area contributed by atoms with Crippen molar-refractivity contribution < 1.29 is 4.79 Å². The lowest BCUT2D eigenvalue weighted by Gasteiger charge is -2.29. The number of hydrogen-bond donors (Lipinski definition) is 0. The second-order valence-electron chi connectivity index (χ2n) is 16.6. The number of carbonyl (C=O) groups excluding carboxylic acids is 1. The van der Waals surface area contributed by atoms with Gasteiger partial charge in [-0.15, -0.1) is 0 Å². The minimum atomic E-state index is 0.508. The van der Waals surface area contributed by atoms with Crippen LogP contribution in [0.1, 0.15) is 164 Å². The van der Waals surface area contributed by atoms with Gasteiger partial charge in [0.1, 0.15) is 5.78 Å². The summed E-state index contributed by atoms with van der Waals surface area (Å²) >= 11 is 0. The van der Waals surface area contributed by atoms with E-state index in [4.69, 9.17) is 0 Å². The van der Waals surface area contributed by atoms with Crippen LogP contribution in [-0.4, -0.2) is 5.78 Å². The highest BCUT2D eigenvalue weighted by Crippen LogP contribution is 2.40. The van der Waals surface area contributed by atoms with Crippen LogP contribution in [0.4, 0.5) is 0 Å². The lowest BCUT2D eigenvalue weighted by atomic mass is 9.76. The molecular weight excluding hydrogens is 629 g/mol. The second-order valence-corrected chi connectivity index (χ2v) is 16.6. The Bertz CT molecular complexity index is 1470. The first-order chi connectivity index (χ1) is 25.6. The van der Waals surface area contributed by atoms with Gasteiger partial charge in [0.05, 0.1) is 0 Å². The van der Waals surface area contributed by atoms with Gasteiger partial charge in [-0.3, -0.25) is 4.79 Å². The van der Waals surface area contributed by atoms with Crippen LogP contribution in [0.5, 0.6) is 0 Å². The summed E-state index contributed by atoms with van der Waals surface area (Å²) in [4.78, 5) is 12.7. The van der Waals surface area contributed by atoms with Gasteiger partial charge >= 0.3 is 0 Å². The topological polar surface area (TPSA) is 17.1 Å². The third-order valence-corrected chi connectivity index (χ3v) is 12.7. The summed E-state index contributed by atoms with van der Waals surface area (Å²) in [7, 11) is 0.